The lowest BCUT2D eigenvalue weighted by Crippen LogP contribution is -2.70. The predicted octanol–water partition coefficient (Wildman–Crippen LogP) is -7.64. The lowest BCUT2D eigenvalue weighted by Gasteiger charge is -2.72. The monoisotopic (exact) mass is 1840 g/mol. The van der Waals surface area contributed by atoms with Gasteiger partial charge in [-0.1, -0.05) is 72.3 Å². The average molecular weight is 1850 g/mol. The van der Waals surface area contributed by atoms with Gasteiger partial charge in [-0.25, -0.2) is 4.79 Å². The summed E-state index contributed by atoms with van der Waals surface area (Å²) in [6, 6.07) is 0. The maximum Gasteiger partial charge on any atom is 0.336 e. The van der Waals surface area contributed by atoms with Gasteiger partial charge < -0.3 is 203 Å². The summed E-state index contributed by atoms with van der Waals surface area (Å²) in [5, 5.41) is 266. The van der Waals surface area contributed by atoms with Crippen LogP contribution in [-0.2, 0) is 90.1 Å². The molecule has 8 saturated heterocycles. The van der Waals surface area contributed by atoms with Gasteiger partial charge in [0.15, 0.2) is 50.1 Å². The second kappa shape index (κ2) is 39.6. The van der Waals surface area contributed by atoms with Crippen molar-refractivity contribution in [3.8, 4) is 0 Å². The third-order valence-electron chi connectivity index (χ3n) is 31.1. The number of allylic oxidation sites excluding steroid dienone is 3. The first-order chi connectivity index (χ1) is 60.1. The Morgan fingerprint density at radius 2 is 0.984 bits per heavy atom. The second-order valence-electron chi connectivity index (χ2n) is 39.6. The molecule has 12 fully saturated rings. The molecule has 0 spiro atoms. The Hall–Kier alpha value is -3.40. The van der Waals surface area contributed by atoms with Gasteiger partial charge in [0.05, 0.1) is 81.8 Å². The fourth-order valence-corrected chi connectivity index (χ4v) is 22.8. The lowest BCUT2D eigenvalue weighted by atomic mass is 9.33. The molecule has 48 atom stereocenters. The first kappa shape index (κ1) is 102. The largest absolute Gasteiger partial charge is 0.458 e. The number of rotatable bonds is 27. The molecule has 0 amide bonds. The number of aliphatic hydroxyl groups is 24. The molecule has 0 aromatic carbocycles. The number of aliphatic hydroxyl groups excluding tert-OH is 24. The smallest absolute Gasteiger partial charge is 0.336 e. The molecule has 0 bridgehead atoms. The molecular formula is C85H136O43. The molecule has 8 aliphatic heterocycles. The van der Waals surface area contributed by atoms with E-state index in [-0.39, 0.29) is 43.1 Å². The lowest BCUT2D eigenvalue weighted by molar-refractivity contribution is -0.390. The maximum atomic E-state index is 16.7. The summed E-state index contributed by atoms with van der Waals surface area (Å²) < 4.78 is 103. The third-order valence-corrected chi connectivity index (χ3v) is 31.1. The Morgan fingerprint density at radius 3 is 1.60 bits per heavy atom. The first-order valence-electron chi connectivity index (χ1n) is 44.3. The third kappa shape index (κ3) is 18.7. The molecule has 24 N–H and O–H groups in total. The van der Waals surface area contributed by atoms with Crippen molar-refractivity contribution in [3.05, 3.63) is 36.0 Å². The van der Waals surface area contributed by atoms with Crippen LogP contribution in [-0.4, -0.2) is 432 Å². The summed E-state index contributed by atoms with van der Waals surface area (Å²) in [7, 11) is 0. The summed E-state index contributed by atoms with van der Waals surface area (Å²) in [6.07, 6.45) is -62.3. The highest BCUT2D eigenvalue weighted by Crippen LogP contribution is 2.76. The van der Waals surface area contributed by atoms with Gasteiger partial charge >= 0.3 is 11.9 Å². The quantitative estimate of drug-likeness (QED) is 0.0157. The molecular weight excluding hydrogens is 1710 g/mol. The fourth-order valence-electron chi connectivity index (χ4n) is 22.8. The zero-order valence-corrected chi connectivity index (χ0v) is 73.3. The highest BCUT2D eigenvalue weighted by molar-refractivity contribution is 5.89. The Labute approximate surface area is 739 Å². The molecule has 0 aromatic heterocycles. The van der Waals surface area contributed by atoms with Crippen molar-refractivity contribution in [2.24, 2.45) is 50.2 Å². The van der Waals surface area contributed by atoms with Crippen molar-refractivity contribution < 1.29 is 213 Å². The van der Waals surface area contributed by atoms with Crippen molar-refractivity contribution in [1.82, 2.24) is 0 Å². The van der Waals surface area contributed by atoms with Crippen LogP contribution in [0.25, 0.3) is 0 Å². The number of hydrogen-bond acceptors (Lipinski definition) is 43. The molecule has 5 aliphatic carbocycles. The zero-order chi connectivity index (χ0) is 93.8. The van der Waals surface area contributed by atoms with Gasteiger partial charge in [0.1, 0.15) is 170 Å². The van der Waals surface area contributed by atoms with Crippen LogP contribution in [0, 0.1) is 50.2 Å². The van der Waals surface area contributed by atoms with Crippen LogP contribution in [0.5, 0.6) is 0 Å². The Balaban J connectivity index is 0.788. The van der Waals surface area contributed by atoms with Crippen molar-refractivity contribution in [2.75, 3.05) is 46.2 Å². The molecule has 48 unspecified atom stereocenters. The molecule has 128 heavy (non-hydrogen) atoms. The highest BCUT2D eigenvalue weighted by Gasteiger charge is 2.74. The first-order valence-corrected chi connectivity index (χ1v) is 44.3. The van der Waals surface area contributed by atoms with Gasteiger partial charge in [0.25, 0.3) is 0 Å². The number of fused-ring (bicyclic) bond motifs is 7. The van der Waals surface area contributed by atoms with Gasteiger partial charge in [-0.05, 0) is 118 Å². The van der Waals surface area contributed by atoms with Crippen molar-refractivity contribution in [2.45, 2.75) is 385 Å². The number of esters is 2. The SMILES string of the molecule is C=CC(C)(CCC=C(CO)C(=O)OC1CC2(C(=O)OC3OC(CO)C(O)C(O)C3OC3OC(C)C(OC4OC(CO)C(O)C4O)C(OC4OC(CO)C(O)C(O)C4O)C3O)C(O)CC3(C)C(=CCC4C5(C)CCC(OC6OC(COC7OCC(O)C(O)C7OC7OCC(O)C(O)C7O)C(O)C(O)C6O)C(C)(C)C5CCC43C)C2CC1(C)C)OC1OC(C)C(O)C(O)C1O. The van der Waals surface area contributed by atoms with Crippen molar-refractivity contribution >= 4 is 11.9 Å². The number of carbonyl (C=O) groups is 2. The molecule has 0 radical (unpaired) electrons. The van der Waals surface area contributed by atoms with E-state index in [4.69, 9.17) is 80.5 Å². The van der Waals surface area contributed by atoms with Crippen LogP contribution in [0.1, 0.15) is 133 Å². The van der Waals surface area contributed by atoms with E-state index in [9.17, 15) is 127 Å². The van der Waals surface area contributed by atoms with Crippen molar-refractivity contribution in [3.63, 3.8) is 0 Å². The molecule has 4 saturated carbocycles. The van der Waals surface area contributed by atoms with E-state index in [1.165, 1.54) is 26.0 Å². The maximum absolute atomic E-state index is 16.7. The Bertz CT molecular complexity index is 3810. The van der Waals surface area contributed by atoms with E-state index in [2.05, 4.69) is 33.4 Å². The van der Waals surface area contributed by atoms with Gasteiger partial charge in [0.2, 0.25) is 6.29 Å². The second-order valence-corrected chi connectivity index (χ2v) is 39.6. The van der Waals surface area contributed by atoms with Gasteiger partial charge in [0, 0.05) is 11.8 Å². The Kier molecular flexibility index (Phi) is 31.6. The van der Waals surface area contributed by atoms with Gasteiger partial charge in [-0.2, -0.15) is 0 Å². The summed E-state index contributed by atoms with van der Waals surface area (Å²) in [4.78, 5) is 31.6. The van der Waals surface area contributed by atoms with E-state index in [0.717, 1.165) is 5.57 Å². The number of ether oxygens (including phenoxy) is 17. The van der Waals surface area contributed by atoms with Crippen molar-refractivity contribution in [1.29, 1.82) is 0 Å². The van der Waals surface area contributed by atoms with Crippen LogP contribution in [0.15, 0.2) is 36.0 Å². The summed E-state index contributed by atoms with van der Waals surface area (Å²) in [5.74, 6) is -3.64. The zero-order valence-electron chi connectivity index (χ0n) is 73.3. The molecule has 734 valence electrons. The Morgan fingerprint density at radius 1 is 0.484 bits per heavy atom. The van der Waals surface area contributed by atoms with E-state index in [1.807, 2.05) is 13.8 Å². The van der Waals surface area contributed by atoms with Crippen LogP contribution < -0.4 is 0 Å². The van der Waals surface area contributed by atoms with Crippen LogP contribution >= 0.6 is 0 Å². The molecule has 13 aliphatic rings. The minimum atomic E-state index is -2.27. The minimum Gasteiger partial charge on any atom is -0.458 e. The average Bonchev–Trinajstić information content (AvgIpc) is 0.750. The van der Waals surface area contributed by atoms with Gasteiger partial charge in [-0.3, -0.25) is 4.79 Å². The van der Waals surface area contributed by atoms with E-state index in [1.54, 1.807) is 20.8 Å². The van der Waals surface area contributed by atoms with E-state index >= 15 is 4.79 Å². The minimum absolute atomic E-state index is 0.0142. The standard InChI is InChI=1S/C85H136O43/c1-12-81(8,128-75-63(108)55(100)48(93)32(2)115-75)19-13-14-34(25-86)69(110)121-47-24-85(78(111)127-77-68(58(103)52(97)40(27-88)119-77)126-74-64(109)66(124-73-62(107)56(101)51(96)39(26-87)117-73)65(33(3)116-74)123-72-60(105)53(98)41(28-89)118-72)36(22-79(47,4)5)35-15-16-44-82(9)20-18-46(80(6,7)43(82)17-21-83(44,10)84(35,11)23-45(85)92)122-71-61(106)57(102)54(99)42(120-71)31-114-76-67(50(95)38(91)30-113-76)125-70-59(104)49(94)37(90)29-112-70/h12,14-15,32-33,36-68,70-77,86-109H,1,13,16-31H2,2-11H3. The van der Waals surface area contributed by atoms with Crippen LogP contribution in [0.2, 0.25) is 0 Å². The molecule has 8 heterocycles. The molecule has 13 rings (SSSR count). The number of hydrogen-bond donors (Lipinski definition) is 24. The summed E-state index contributed by atoms with van der Waals surface area (Å²) in [5.41, 5.74) is -7.19. The van der Waals surface area contributed by atoms with E-state index < -0.39 is 354 Å². The molecule has 43 nitrogen and oxygen atoms in total. The van der Waals surface area contributed by atoms with Crippen LogP contribution in [0.3, 0.4) is 0 Å². The van der Waals surface area contributed by atoms with Gasteiger partial charge in [-0.15, -0.1) is 6.58 Å². The highest BCUT2D eigenvalue weighted by atomic mass is 16.8. The normalized spacial score (nSPS) is 51.3. The van der Waals surface area contributed by atoms with E-state index in [0.29, 0.717) is 32.1 Å². The molecule has 43 heteroatoms. The predicted molar refractivity (Wildman–Crippen MR) is 424 cm³/mol. The topological polar surface area (TPSA) is 677 Å². The summed E-state index contributed by atoms with van der Waals surface area (Å²) >= 11 is 0. The summed E-state index contributed by atoms with van der Waals surface area (Å²) in [6.45, 7) is 17.2. The van der Waals surface area contributed by atoms with Crippen LogP contribution in [0.4, 0.5) is 0 Å². The number of carbonyl (C=O) groups excluding carboxylic acids is 2. The fraction of sp³-hybridized carbons (Fsp3) is 0.906. The molecule has 0 aromatic rings.